The highest BCUT2D eigenvalue weighted by Gasteiger charge is 2.31. The van der Waals surface area contributed by atoms with Crippen molar-refractivity contribution in [1.82, 2.24) is 9.62 Å². The molecule has 0 saturated carbocycles. The molecule has 0 aromatic rings. The average Bonchev–Trinajstić information content (AvgIpc) is 2.19. The first-order valence-corrected chi connectivity index (χ1v) is 6.50. The van der Waals surface area contributed by atoms with E-state index in [2.05, 4.69) is 9.62 Å². The van der Waals surface area contributed by atoms with Gasteiger partial charge in [0.1, 0.15) is 0 Å². The van der Waals surface area contributed by atoms with Gasteiger partial charge in [-0.2, -0.15) is 0 Å². The zero-order chi connectivity index (χ0) is 9.86. The molecule has 0 radical (unpaired) electrons. The van der Waals surface area contributed by atoms with E-state index in [0.717, 1.165) is 25.9 Å². The second kappa shape index (κ2) is 4.84. The van der Waals surface area contributed by atoms with Gasteiger partial charge in [0.05, 0.1) is 4.87 Å². The van der Waals surface area contributed by atoms with Crippen LogP contribution in [0.4, 0.5) is 0 Å². The fourth-order valence-electron chi connectivity index (χ4n) is 2.15. The molecule has 2 fully saturated rings. The fourth-order valence-corrected chi connectivity index (χ4v) is 3.50. The zero-order valence-electron chi connectivity index (χ0n) is 8.80. The molecule has 0 amide bonds. The van der Waals surface area contributed by atoms with Crippen molar-refractivity contribution in [2.24, 2.45) is 5.73 Å². The lowest BCUT2D eigenvalue weighted by Crippen LogP contribution is -2.48. The highest BCUT2D eigenvalue weighted by molar-refractivity contribution is 7.98. The molecule has 0 aliphatic carbocycles. The maximum Gasteiger partial charge on any atom is 0.0792 e. The van der Waals surface area contributed by atoms with Crippen molar-refractivity contribution in [1.29, 1.82) is 0 Å². The Balaban J connectivity index is 1.81. The van der Waals surface area contributed by atoms with Gasteiger partial charge in [0.2, 0.25) is 0 Å². The van der Waals surface area contributed by atoms with E-state index in [-0.39, 0.29) is 4.87 Å². The first-order valence-electron chi connectivity index (χ1n) is 5.72. The quantitative estimate of drug-likeness (QED) is 0.536. The minimum Gasteiger partial charge on any atom is -0.317 e. The Morgan fingerprint density at radius 1 is 1.07 bits per heavy atom. The molecule has 3 N–H and O–H groups in total. The number of nitrogens with zero attached hydrogens (tertiary/aromatic N) is 1. The summed E-state index contributed by atoms with van der Waals surface area (Å²) >= 11 is 1.91. The second-order valence-electron chi connectivity index (χ2n) is 4.40. The first-order chi connectivity index (χ1) is 6.79. The van der Waals surface area contributed by atoms with E-state index in [0.29, 0.717) is 0 Å². The Bertz CT molecular complexity index is 174. The number of nitrogens with one attached hydrogen (secondary N) is 1. The van der Waals surface area contributed by atoms with Crippen LogP contribution >= 0.6 is 11.9 Å². The molecule has 2 saturated heterocycles. The molecular formula is C10H21N3S. The zero-order valence-corrected chi connectivity index (χ0v) is 9.61. The molecular weight excluding hydrogens is 194 g/mol. The summed E-state index contributed by atoms with van der Waals surface area (Å²) in [6.45, 7) is 4.63. The van der Waals surface area contributed by atoms with E-state index in [1.807, 2.05) is 11.9 Å². The molecule has 2 heterocycles. The van der Waals surface area contributed by atoms with Crippen LogP contribution in [0, 0.1) is 0 Å². The van der Waals surface area contributed by atoms with E-state index in [1.165, 1.54) is 32.4 Å². The SMILES string of the molecule is NC1(SN2CCCCC2)CCNCC1. The number of nitrogens with two attached hydrogens (primary N) is 1. The van der Waals surface area contributed by atoms with Gasteiger partial charge in [-0.15, -0.1) is 0 Å². The second-order valence-corrected chi connectivity index (χ2v) is 5.91. The minimum atomic E-state index is 0.0165. The summed E-state index contributed by atoms with van der Waals surface area (Å²) in [5, 5.41) is 3.37. The third-order valence-electron chi connectivity index (χ3n) is 3.08. The van der Waals surface area contributed by atoms with Gasteiger partial charge in [0.25, 0.3) is 0 Å². The van der Waals surface area contributed by atoms with Gasteiger partial charge in [-0.05, 0) is 38.8 Å². The Morgan fingerprint density at radius 3 is 2.36 bits per heavy atom. The monoisotopic (exact) mass is 215 g/mol. The van der Waals surface area contributed by atoms with Crippen LogP contribution in [0.15, 0.2) is 0 Å². The standard InChI is InChI=1S/C10H21N3S/c11-10(4-6-12-7-5-10)14-13-8-2-1-3-9-13/h12H,1-9,11H2. The lowest BCUT2D eigenvalue weighted by molar-refractivity contribution is 0.357. The van der Waals surface area contributed by atoms with Crippen molar-refractivity contribution in [3.63, 3.8) is 0 Å². The van der Waals surface area contributed by atoms with Crippen LogP contribution in [0.3, 0.4) is 0 Å². The van der Waals surface area contributed by atoms with Gasteiger partial charge in [0.15, 0.2) is 0 Å². The number of hydrogen-bond donors (Lipinski definition) is 2. The normalized spacial score (nSPS) is 28.9. The molecule has 0 bridgehead atoms. The minimum absolute atomic E-state index is 0.0165. The van der Waals surface area contributed by atoms with Gasteiger partial charge in [-0.3, -0.25) is 0 Å². The molecule has 2 aliphatic rings. The molecule has 14 heavy (non-hydrogen) atoms. The largest absolute Gasteiger partial charge is 0.317 e. The third kappa shape index (κ3) is 2.86. The number of piperidine rings is 2. The predicted octanol–water partition coefficient (Wildman–Crippen LogP) is 1.16. The summed E-state index contributed by atoms with van der Waals surface area (Å²) in [4.78, 5) is 0.0165. The average molecular weight is 215 g/mol. The van der Waals surface area contributed by atoms with Crippen LogP contribution in [0.5, 0.6) is 0 Å². The van der Waals surface area contributed by atoms with Crippen LogP contribution < -0.4 is 11.1 Å². The highest BCUT2D eigenvalue weighted by Crippen LogP contribution is 2.33. The fraction of sp³-hybridized carbons (Fsp3) is 1.00. The summed E-state index contributed by atoms with van der Waals surface area (Å²) in [5.74, 6) is 0. The summed E-state index contributed by atoms with van der Waals surface area (Å²) in [6.07, 6.45) is 6.31. The lowest BCUT2D eigenvalue weighted by atomic mass is 10.1. The molecule has 0 aromatic carbocycles. The summed E-state index contributed by atoms with van der Waals surface area (Å²) < 4.78 is 2.48. The molecule has 2 aliphatic heterocycles. The third-order valence-corrected chi connectivity index (χ3v) is 4.47. The molecule has 0 atom stereocenters. The summed E-state index contributed by atoms with van der Waals surface area (Å²) in [5.41, 5.74) is 6.37. The predicted molar refractivity (Wildman–Crippen MR) is 62.0 cm³/mol. The van der Waals surface area contributed by atoms with Gasteiger partial charge >= 0.3 is 0 Å². The van der Waals surface area contributed by atoms with Crippen LogP contribution in [0.2, 0.25) is 0 Å². The Labute approximate surface area is 90.9 Å². The van der Waals surface area contributed by atoms with E-state index in [1.54, 1.807) is 0 Å². The molecule has 0 unspecified atom stereocenters. The topological polar surface area (TPSA) is 41.3 Å². The maximum absolute atomic E-state index is 6.37. The molecule has 0 spiro atoms. The van der Waals surface area contributed by atoms with E-state index >= 15 is 0 Å². The summed E-state index contributed by atoms with van der Waals surface area (Å²) in [6, 6.07) is 0. The molecule has 2 rings (SSSR count). The molecule has 0 aromatic heterocycles. The van der Waals surface area contributed by atoms with Crippen molar-refractivity contribution < 1.29 is 0 Å². The molecule has 3 nitrogen and oxygen atoms in total. The molecule has 82 valence electrons. The lowest BCUT2D eigenvalue weighted by Gasteiger charge is -2.38. The van der Waals surface area contributed by atoms with Crippen LogP contribution in [0.25, 0.3) is 0 Å². The number of rotatable bonds is 2. The highest BCUT2D eigenvalue weighted by atomic mass is 32.2. The van der Waals surface area contributed by atoms with Crippen molar-refractivity contribution in [2.75, 3.05) is 26.2 Å². The summed E-state index contributed by atoms with van der Waals surface area (Å²) in [7, 11) is 0. The Kier molecular flexibility index (Phi) is 3.71. The van der Waals surface area contributed by atoms with Crippen LogP contribution in [0.1, 0.15) is 32.1 Å². The van der Waals surface area contributed by atoms with Gasteiger partial charge in [0, 0.05) is 13.1 Å². The van der Waals surface area contributed by atoms with E-state index in [9.17, 15) is 0 Å². The first kappa shape index (κ1) is 10.7. The van der Waals surface area contributed by atoms with Gasteiger partial charge in [-0.25, -0.2) is 4.31 Å². The van der Waals surface area contributed by atoms with Crippen LogP contribution in [-0.2, 0) is 0 Å². The van der Waals surface area contributed by atoms with E-state index in [4.69, 9.17) is 5.73 Å². The Morgan fingerprint density at radius 2 is 1.71 bits per heavy atom. The van der Waals surface area contributed by atoms with Crippen molar-refractivity contribution in [3.05, 3.63) is 0 Å². The van der Waals surface area contributed by atoms with Crippen molar-refractivity contribution in [3.8, 4) is 0 Å². The smallest absolute Gasteiger partial charge is 0.0792 e. The van der Waals surface area contributed by atoms with Crippen LogP contribution in [-0.4, -0.2) is 35.4 Å². The van der Waals surface area contributed by atoms with Crippen molar-refractivity contribution in [2.45, 2.75) is 37.0 Å². The van der Waals surface area contributed by atoms with Crippen molar-refractivity contribution >= 4 is 11.9 Å². The Hall–Kier alpha value is 0.230. The van der Waals surface area contributed by atoms with Gasteiger partial charge in [-0.1, -0.05) is 18.4 Å². The van der Waals surface area contributed by atoms with Gasteiger partial charge < -0.3 is 11.1 Å². The maximum atomic E-state index is 6.37. The number of hydrogen-bond acceptors (Lipinski definition) is 4. The molecule has 4 heteroatoms. The van der Waals surface area contributed by atoms with E-state index < -0.39 is 0 Å².